The van der Waals surface area contributed by atoms with Crippen LogP contribution in [-0.2, 0) is 9.53 Å². The highest BCUT2D eigenvalue weighted by molar-refractivity contribution is 5.94. The van der Waals surface area contributed by atoms with Crippen LogP contribution in [0.4, 0.5) is 11.4 Å². The van der Waals surface area contributed by atoms with Crippen LogP contribution in [0.2, 0.25) is 0 Å². The Kier molecular flexibility index (Phi) is 11.2. The largest absolute Gasteiger partial charge is 0.494 e. The van der Waals surface area contributed by atoms with Gasteiger partial charge in [0.2, 0.25) is 5.91 Å². The Bertz CT molecular complexity index is 734. The van der Waals surface area contributed by atoms with Crippen molar-refractivity contribution in [3.8, 4) is 11.5 Å². The molecule has 0 aliphatic heterocycles. The van der Waals surface area contributed by atoms with Crippen LogP contribution in [0.15, 0.2) is 48.5 Å². The average molecular weight is 415 g/mol. The molecule has 0 aromatic heterocycles. The van der Waals surface area contributed by atoms with Crippen molar-refractivity contribution in [3.63, 3.8) is 0 Å². The first-order valence-corrected chi connectivity index (χ1v) is 10.8. The summed E-state index contributed by atoms with van der Waals surface area (Å²) in [5, 5.41) is 6.01. The number of unbranched alkanes of at least 4 members (excludes halogenated alkanes) is 3. The monoisotopic (exact) mass is 414 g/mol. The summed E-state index contributed by atoms with van der Waals surface area (Å²) in [6.45, 7) is 6.66. The lowest BCUT2D eigenvalue weighted by Gasteiger charge is -2.13. The van der Waals surface area contributed by atoms with E-state index in [0.29, 0.717) is 25.6 Å². The van der Waals surface area contributed by atoms with E-state index in [9.17, 15) is 4.79 Å². The lowest BCUT2D eigenvalue weighted by Crippen LogP contribution is -2.22. The van der Waals surface area contributed by atoms with Crippen molar-refractivity contribution < 1.29 is 19.0 Å². The number of amides is 1. The second-order valence-corrected chi connectivity index (χ2v) is 6.88. The van der Waals surface area contributed by atoms with Crippen molar-refractivity contribution in [1.82, 2.24) is 0 Å². The molecule has 30 heavy (non-hydrogen) atoms. The number of hydrogen-bond acceptors (Lipinski definition) is 5. The minimum absolute atomic E-state index is 0.132. The van der Waals surface area contributed by atoms with E-state index >= 15 is 0 Å². The molecule has 0 spiro atoms. The maximum atomic E-state index is 12.3. The molecular formula is C24H34N2O4. The number of carbonyl (C=O) groups excluding carboxylic acids is 1. The highest BCUT2D eigenvalue weighted by Crippen LogP contribution is 2.23. The fourth-order valence-corrected chi connectivity index (χ4v) is 2.83. The maximum Gasteiger partial charge on any atom is 0.243 e. The van der Waals surface area contributed by atoms with Gasteiger partial charge in [-0.3, -0.25) is 4.79 Å². The van der Waals surface area contributed by atoms with E-state index in [2.05, 4.69) is 17.6 Å². The van der Waals surface area contributed by atoms with Crippen LogP contribution in [-0.4, -0.2) is 38.9 Å². The molecule has 2 N–H and O–H groups in total. The predicted molar refractivity (Wildman–Crippen MR) is 122 cm³/mol. The highest BCUT2D eigenvalue weighted by Gasteiger charge is 2.07. The molecule has 2 rings (SSSR count). The van der Waals surface area contributed by atoms with Gasteiger partial charge in [0.1, 0.15) is 18.1 Å². The number of rotatable bonds is 15. The van der Waals surface area contributed by atoms with E-state index < -0.39 is 0 Å². The van der Waals surface area contributed by atoms with Crippen LogP contribution in [0.25, 0.3) is 0 Å². The molecule has 2 aromatic rings. The number of ether oxygens (including phenoxy) is 3. The van der Waals surface area contributed by atoms with Gasteiger partial charge in [-0.1, -0.05) is 38.3 Å². The second-order valence-electron chi connectivity index (χ2n) is 6.88. The van der Waals surface area contributed by atoms with Gasteiger partial charge in [-0.05, 0) is 49.7 Å². The van der Waals surface area contributed by atoms with Gasteiger partial charge >= 0.3 is 0 Å². The molecule has 0 radical (unpaired) electrons. The number of anilines is 2. The van der Waals surface area contributed by atoms with Gasteiger partial charge in [0, 0.05) is 12.3 Å². The lowest BCUT2D eigenvalue weighted by atomic mass is 10.2. The summed E-state index contributed by atoms with van der Waals surface area (Å²) in [4.78, 5) is 12.3. The first-order valence-electron chi connectivity index (χ1n) is 10.8. The van der Waals surface area contributed by atoms with Gasteiger partial charge in [0.25, 0.3) is 0 Å². The van der Waals surface area contributed by atoms with Crippen LogP contribution in [0.1, 0.15) is 39.5 Å². The van der Waals surface area contributed by atoms with Crippen LogP contribution < -0.4 is 20.1 Å². The highest BCUT2D eigenvalue weighted by atomic mass is 16.5. The third-order valence-electron chi connectivity index (χ3n) is 4.42. The molecule has 0 aliphatic rings. The van der Waals surface area contributed by atoms with Crippen molar-refractivity contribution >= 4 is 17.3 Å². The van der Waals surface area contributed by atoms with Crippen LogP contribution >= 0.6 is 0 Å². The summed E-state index contributed by atoms with van der Waals surface area (Å²) >= 11 is 0. The molecule has 6 nitrogen and oxygen atoms in total. The Balaban J connectivity index is 1.74. The van der Waals surface area contributed by atoms with Crippen molar-refractivity contribution in [2.45, 2.75) is 39.5 Å². The number of nitrogens with one attached hydrogen (secondary N) is 2. The molecule has 0 fully saturated rings. The van der Waals surface area contributed by atoms with Crippen LogP contribution in [0.5, 0.6) is 11.5 Å². The van der Waals surface area contributed by atoms with Crippen molar-refractivity contribution in [2.24, 2.45) is 0 Å². The molecule has 1 amide bonds. The Morgan fingerprint density at radius 3 is 2.43 bits per heavy atom. The molecule has 0 unspecified atom stereocenters. The molecular weight excluding hydrogens is 380 g/mol. The third-order valence-corrected chi connectivity index (χ3v) is 4.42. The zero-order valence-electron chi connectivity index (χ0n) is 18.1. The SMILES string of the molecule is CCCCCCOc1ccc(NC(=O)CNc2ccccc2OCCOCC)cc1. The van der Waals surface area contributed by atoms with Gasteiger partial charge in [-0.2, -0.15) is 0 Å². The van der Waals surface area contributed by atoms with Crippen molar-refractivity contribution in [1.29, 1.82) is 0 Å². The molecule has 2 aromatic carbocycles. The summed E-state index contributed by atoms with van der Waals surface area (Å²) in [5.74, 6) is 1.39. The van der Waals surface area contributed by atoms with Crippen LogP contribution in [0, 0.1) is 0 Å². The summed E-state index contributed by atoms with van der Waals surface area (Å²) in [6.07, 6.45) is 4.72. The van der Waals surface area contributed by atoms with E-state index in [1.807, 2.05) is 55.5 Å². The zero-order valence-corrected chi connectivity index (χ0v) is 18.1. The fraction of sp³-hybridized carbons (Fsp3) is 0.458. The minimum Gasteiger partial charge on any atom is -0.494 e. The normalized spacial score (nSPS) is 10.5. The Morgan fingerprint density at radius 2 is 1.67 bits per heavy atom. The standard InChI is InChI=1S/C24H34N2O4/c1-3-5-6-9-16-29-21-14-12-20(13-15-21)26-24(27)19-25-22-10-7-8-11-23(22)30-18-17-28-4-2/h7-8,10-15,25H,3-6,9,16-19H2,1-2H3,(H,26,27). The summed E-state index contributed by atoms with van der Waals surface area (Å²) in [7, 11) is 0. The molecule has 6 heteroatoms. The second kappa shape index (κ2) is 14.3. The predicted octanol–water partition coefficient (Wildman–Crippen LogP) is 5.11. The van der Waals surface area contributed by atoms with E-state index in [-0.39, 0.29) is 12.5 Å². The Hall–Kier alpha value is -2.73. The fourth-order valence-electron chi connectivity index (χ4n) is 2.83. The zero-order chi connectivity index (χ0) is 21.4. The number of benzene rings is 2. The molecule has 0 saturated heterocycles. The lowest BCUT2D eigenvalue weighted by molar-refractivity contribution is -0.114. The third kappa shape index (κ3) is 9.18. The molecule has 164 valence electrons. The maximum absolute atomic E-state index is 12.3. The molecule has 0 atom stereocenters. The quantitative estimate of drug-likeness (QED) is 0.396. The summed E-state index contributed by atoms with van der Waals surface area (Å²) in [5.41, 5.74) is 1.51. The first kappa shape index (κ1) is 23.5. The molecule has 0 heterocycles. The molecule has 0 saturated carbocycles. The Morgan fingerprint density at radius 1 is 0.867 bits per heavy atom. The summed E-state index contributed by atoms with van der Waals surface area (Å²) < 4.78 is 16.7. The summed E-state index contributed by atoms with van der Waals surface area (Å²) in [6, 6.07) is 15.0. The molecule has 0 bridgehead atoms. The van der Waals surface area contributed by atoms with E-state index in [1.165, 1.54) is 19.3 Å². The number of carbonyl (C=O) groups is 1. The minimum atomic E-state index is -0.132. The van der Waals surface area contributed by atoms with Gasteiger partial charge in [0.15, 0.2) is 0 Å². The van der Waals surface area contributed by atoms with E-state index in [1.54, 1.807) is 0 Å². The van der Waals surface area contributed by atoms with Crippen LogP contribution in [0.3, 0.4) is 0 Å². The van der Waals surface area contributed by atoms with E-state index in [0.717, 1.165) is 30.2 Å². The van der Waals surface area contributed by atoms with Gasteiger partial charge < -0.3 is 24.8 Å². The van der Waals surface area contributed by atoms with Crippen molar-refractivity contribution in [2.75, 3.05) is 43.6 Å². The molecule has 0 aliphatic carbocycles. The van der Waals surface area contributed by atoms with Crippen molar-refractivity contribution in [3.05, 3.63) is 48.5 Å². The topological polar surface area (TPSA) is 68.8 Å². The van der Waals surface area contributed by atoms with Gasteiger partial charge in [-0.15, -0.1) is 0 Å². The first-order chi connectivity index (χ1) is 14.7. The number of para-hydroxylation sites is 2. The number of hydrogen-bond donors (Lipinski definition) is 2. The Labute approximate surface area is 179 Å². The smallest absolute Gasteiger partial charge is 0.243 e. The van der Waals surface area contributed by atoms with Gasteiger partial charge in [-0.25, -0.2) is 0 Å². The average Bonchev–Trinajstić information content (AvgIpc) is 2.77. The van der Waals surface area contributed by atoms with E-state index in [4.69, 9.17) is 14.2 Å². The van der Waals surface area contributed by atoms with Gasteiger partial charge in [0.05, 0.1) is 25.4 Å².